The van der Waals surface area contributed by atoms with Crippen LogP contribution >= 0.6 is 11.6 Å². The maximum atomic E-state index is 6.57. The number of halogens is 1. The number of hydrogen-bond donors (Lipinski definition) is 0. The molecule has 0 nitrogen and oxygen atoms in total. The zero-order chi connectivity index (χ0) is 20.3. The SMILES string of the molecule is C/C1=C\C[C@@H]2[C@@H](CCC[C@H](Cl)C1)CC[C@]1(C)[C@@H]([C@H](C)CCCC(C)C)CC[C@@H]21. The predicted molar refractivity (Wildman–Crippen MR) is 125 cm³/mol. The van der Waals surface area contributed by atoms with Crippen molar-refractivity contribution in [3.63, 3.8) is 0 Å². The minimum atomic E-state index is 0.365. The van der Waals surface area contributed by atoms with Crippen molar-refractivity contribution in [1.82, 2.24) is 0 Å². The predicted octanol–water partition coefficient (Wildman–Crippen LogP) is 9.03. The van der Waals surface area contributed by atoms with E-state index in [4.69, 9.17) is 11.6 Å². The maximum absolute atomic E-state index is 6.57. The number of rotatable bonds is 5. The molecule has 162 valence electrons. The Balaban J connectivity index is 1.70. The molecular weight excluding hydrogens is 360 g/mol. The lowest BCUT2D eigenvalue weighted by Gasteiger charge is -2.50. The van der Waals surface area contributed by atoms with E-state index in [1.165, 1.54) is 70.6 Å². The number of alkyl halides is 1. The minimum absolute atomic E-state index is 0.365. The fraction of sp³-hybridized carbons (Fsp3) is 0.926. The van der Waals surface area contributed by atoms with Gasteiger partial charge in [0.15, 0.2) is 0 Å². The normalized spacial score (nSPS) is 42.4. The highest BCUT2D eigenvalue weighted by molar-refractivity contribution is 6.20. The quantitative estimate of drug-likeness (QED) is 0.315. The Bertz CT molecular complexity index is 520. The van der Waals surface area contributed by atoms with Crippen molar-refractivity contribution in [2.24, 2.45) is 40.9 Å². The Labute approximate surface area is 181 Å². The summed E-state index contributed by atoms with van der Waals surface area (Å²) in [5, 5.41) is 0.365. The van der Waals surface area contributed by atoms with Gasteiger partial charge < -0.3 is 0 Å². The summed E-state index contributed by atoms with van der Waals surface area (Å²) in [7, 11) is 0. The van der Waals surface area contributed by atoms with E-state index in [0.29, 0.717) is 10.8 Å². The molecule has 1 heteroatoms. The summed E-state index contributed by atoms with van der Waals surface area (Å²) in [6.45, 7) is 12.4. The van der Waals surface area contributed by atoms with Crippen LogP contribution in [0, 0.1) is 40.9 Å². The summed E-state index contributed by atoms with van der Waals surface area (Å²) in [5.41, 5.74) is 2.16. The molecule has 0 amide bonds. The zero-order valence-electron chi connectivity index (χ0n) is 19.5. The Kier molecular flexibility index (Phi) is 8.02. The Hall–Kier alpha value is 0.0300. The third-order valence-electron chi connectivity index (χ3n) is 9.16. The van der Waals surface area contributed by atoms with E-state index in [-0.39, 0.29) is 0 Å². The summed E-state index contributed by atoms with van der Waals surface area (Å²) < 4.78 is 0. The lowest BCUT2D eigenvalue weighted by Crippen LogP contribution is -2.42. The first-order valence-corrected chi connectivity index (χ1v) is 13.0. The maximum Gasteiger partial charge on any atom is 0.0373 e. The number of allylic oxidation sites excluding steroid dienone is 2. The fourth-order valence-corrected chi connectivity index (χ4v) is 7.98. The van der Waals surface area contributed by atoms with Gasteiger partial charge in [-0.1, -0.05) is 71.4 Å². The van der Waals surface area contributed by atoms with Crippen LogP contribution < -0.4 is 0 Å². The molecule has 7 atom stereocenters. The molecule has 0 unspecified atom stereocenters. The van der Waals surface area contributed by atoms with E-state index < -0.39 is 0 Å². The average Bonchev–Trinajstić information content (AvgIpc) is 2.97. The second-order valence-electron chi connectivity index (χ2n) is 11.6. The summed E-state index contributed by atoms with van der Waals surface area (Å²) in [6.07, 6.45) is 19.3. The third-order valence-corrected chi connectivity index (χ3v) is 9.53. The largest absolute Gasteiger partial charge is 0.123 e. The van der Waals surface area contributed by atoms with Crippen molar-refractivity contribution in [3.05, 3.63) is 11.6 Å². The van der Waals surface area contributed by atoms with E-state index in [1.807, 2.05) is 0 Å². The van der Waals surface area contributed by atoms with E-state index in [9.17, 15) is 0 Å². The van der Waals surface area contributed by atoms with E-state index in [2.05, 4.69) is 40.7 Å². The molecule has 0 heterocycles. The molecule has 0 spiro atoms. The summed E-state index contributed by atoms with van der Waals surface area (Å²) in [5.74, 6) is 5.61. The van der Waals surface area contributed by atoms with Gasteiger partial charge in [0.25, 0.3) is 0 Å². The van der Waals surface area contributed by atoms with Gasteiger partial charge in [-0.15, -0.1) is 11.6 Å². The molecule has 3 aliphatic rings. The van der Waals surface area contributed by atoms with Crippen molar-refractivity contribution < 1.29 is 0 Å². The molecule has 0 bridgehead atoms. The van der Waals surface area contributed by atoms with Crippen LogP contribution in [0.15, 0.2) is 11.6 Å². The molecule has 0 radical (unpaired) electrons. The van der Waals surface area contributed by atoms with Crippen molar-refractivity contribution in [2.75, 3.05) is 0 Å². The Morgan fingerprint density at radius 1 is 1.07 bits per heavy atom. The zero-order valence-corrected chi connectivity index (χ0v) is 20.2. The van der Waals surface area contributed by atoms with Gasteiger partial charge >= 0.3 is 0 Å². The van der Waals surface area contributed by atoms with Crippen molar-refractivity contribution in [3.8, 4) is 0 Å². The van der Waals surface area contributed by atoms with Crippen LogP contribution in [-0.2, 0) is 0 Å². The molecule has 0 aromatic rings. The van der Waals surface area contributed by atoms with E-state index in [0.717, 1.165) is 41.9 Å². The minimum Gasteiger partial charge on any atom is -0.123 e. The van der Waals surface area contributed by atoms with Crippen LogP contribution in [0.2, 0.25) is 0 Å². The summed E-state index contributed by atoms with van der Waals surface area (Å²) in [6, 6.07) is 0. The molecule has 0 aliphatic heterocycles. The van der Waals surface area contributed by atoms with Gasteiger partial charge in [0, 0.05) is 5.38 Å². The second-order valence-corrected chi connectivity index (χ2v) is 12.2. The van der Waals surface area contributed by atoms with Crippen LogP contribution in [-0.4, -0.2) is 5.38 Å². The smallest absolute Gasteiger partial charge is 0.0373 e. The number of hydrogen-bond acceptors (Lipinski definition) is 0. The standard InChI is InChI=1S/C27H47Cl/c1-19(2)8-6-9-21(4)25-14-15-26-24-13-12-20(3)18-23(28)11-7-10-22(24)16-17-27(25,26)5/h12,19,21-26H,6-11,13-18H2,1-5H3/b20-12+/t21-,22+,23+,24-,25-,26+,27-/m1/s1. The molecule has 2 fully saturated rings. The lowest BCUT2D eigenvalue weighted by atomic mass is 9.55. The van der Waals surface area contributed by atoms with E-state index in [1.54, 1.807) is 5.57 Å². The number of fused-ring (bicyclic) bond motifs is 3. The molecule has 0 saturated heterocycles. The molecule has 28 heavy (non-hydrogen) atoms. The van der Waals surface area contributed by atoms with Crippen molar-refractivity contribution in [2.45, 2.75) is 117 Å². The van der Waals surface area contributed by atoms with E-state index >= 15 is 0 Å². The Morgan fingerprint density at radius 3 is 2.61 bits per heavy atom. The van der Waals surface area contributed by atoms with Crippen molar-refractivity contribution in [1.29, 1.82) is 0 Å². The van der Waals surface area contributed by atoms with Crippen LogP contribution in [0.25, 0.3) is 0 Å². The first kappa shape index (κ1) is 22.7. The highest BCUT2D eigenvalue weighted by Crippen LogP contribution is 2.62. The van der Waals surface area contributed by atoms with Gasteiger partial charge in [-0.05, 0) is 92.8 Å². The van der Waals surface area contributed by atoms with Crippen LogP contribution in [0.3, 0.4) is 0 Å². The van der Waals surface area contributed by atoms with Gasteiger partial charge in [0.1, 0.15) is 0 Å². The highest BCUT2D eigenvalue weighted by Gasteiger charge is 2.54. The van der Waals surface area contributed by atoms with Gasteiger partial charge in [-0.3, -0.25) is 0 Å². The molecular formula is C27H47Cl. The fourth-order valence-electron chi connectivity index (χ4n) is 7.58. The van der Waals surface area contributed by atoms with Gasteiger partial charge in [0.2, 0.25) is 0 Å². The van der Waals surface area contributed by atoms with Crippen LogP contribution in [0.4, 0.5) is 0 Å². The molecule has 3 aliphatic carbocycles. The molecule has 2 saturated carbocycles. The van der Waals surface area contributed by atoms with Gasteiger partial charge in [-0.2, -0.15) is 0 Å². The average molecular weight is 407 g/mol. The third kappa shape index (κ3) is 5.19. The Morgan fingerprint density at radius 2 is 1.86 bits per heavy atom. The first-order valence-electron chi connectivity index (χ1n) is 12.6. The first-order chi connectivity index (χ1) is 13.3. The second kappa shape index (κ2) is 9.89. The summed E-state index contributed by atoms with van der Waals surface area (Å²) in [4.78, 5) is 0. The topological polar surface area (TPSA) is 0 Å². The molecule has 0 aromatic carbocycles. The van der Waals surface area contributed by atoms with Crippen molar-refractivity contribution >= 4 is 11.6 Å². The highest BCUT2D eigenvalue weighted by atomic mass is 35.5. The van der Waals surface area contributed by atoms with Crippen LogP contribution in [0.1, 0.15) is 112 Å². The molecule has 3 rings (SSSR count). The monoisotopic (exact) mass is 406 g/mol. The van der Waals surface area contributed by atoms with Gasteiger partial charge in [-0.25, -0.2) is 0 Å². The summed E-state index contributed by atoms with van der Waals surface area (Å²) >= 11 is 6.57. The lowest BCUT2D eigenvalue weighted by molar-refractivity contribution is -0.00660. The van der Waals surface area contributed by atoms with Gasteiger partial charge in [0.05, 0.1) is 0 Å². The van der Waals surface area contributed by atoms with Crippen LogP contribution in [0.5, 0.6) is 0 Å². The molecule has 0 aromatic heterocycles. The molecule has 0 N–H and O–H groups in total.